The summed E-state index contributed by atoms with van der Waals surface area (Å²) >= 11 is 4.80. The Kier molecular flexibility index (Phi) is 3.26. The Hall–Kier alpha value is -0.890. The topological polar surface area (TPSA) is 42.8 Å². The molecule has 1 aromatic heterocycles. The quantitative estimate of drug-likeness (QED) is 0.855. The zero-order valence-electron chi connectivity index (χ0n) is 9.12. The Labute approximate surface area is 101 Å². The molecule has 1 aromatic rings. The van der Waals surface area contributed by atoms with Gasteiger partial charge in [-0.15, -0.1) is 0 Å². The number of H-pyrrole nitrogens is 1. The Balaban J connectivity index is 2.16. The molecule has 0 aliphatic heterocycles. The number of aromatic nitrogens is 3. The van der Waals surface area contributed by atoms with Gasteiger partial charge in [-0.25, -0.2) is 0 Å². The molecule has 0 amide bonds. The van der Waals surface area contributed by atoms with E-state index in [4.69, 9.17) is 17.0 Å². The zero-order valence-corrected chi connectivity index (χ0v) is 9.94. The van der Waals surface area contributed by atoms with Gasteiger partial charge in [0, 0.05) is 13.0 Å². The van der Waals surface area contributed by atoms with Crippen LogP contribution >= 0.6 is 12.2 Å². The molecule has 1 N–H and O–H groups in total. The van der Waals surface area contributed by atoms with Gasteiger partial charge < -0.3 is 4.74 Å². The van der Waals surface area contributed by atoms with E-state index in [2.05, 4.69) is 10.2 Å². The van der Waals surface area contributed by atoms with E-state index in [0.29, 0.717) is 18.7 Å². The Morgan fingerprint density at radius 3 is 2.71 bits per heavy atom. The highest BCUT2D eigenvalue weighted by Crippen LogP contribution is 2.38. The molecular formula is C9H12F3N3OS. The first-order chi connectivity index (χ1) is 7.90. The molecular weight excluding hydrogens is 255 g/mol. The lowest BCUT2D eigenvalue weighted by Crippen LogP contribution is -2.31. The molecule has 1 aliphatic rings. The van der Waals surface area contributed by atoms with Crippen LogP contribution in [0.2, 0.25) is 0 Å². The molecule has 0 saturated heterocycles. The smallest absolute Gasteiger partial charge is 0.381 e. The van der Waals surface area contributed by atoms with Gasteiger partial charge in [-0.1, -0.05) is 0 Å². The summed E-state index contributed by atoms with van der Waals surface area (Å²) in [4.78, 5) is 0. The van der Waals surface area contributed by atoms with Crippen LogP contribution in [-0.2, 0) is 11.3 Å². The second kappa shape index (κ2) is 4.41. The number of halogens is 3. The van der Waals surface area contributed by atoms with Crippen molar-refractivity contribution in [1.29, 1.82) is 0 Å². The maximum atomic E-state index is 12.4. The van der Waals surface area contributed by atoms with Crippen molar-refractivity contribution in [3.05, 3.63) is 10.6 Å². The molecule has 1 saturated carbocycles. The van der Waals surface area contributed by atoms with Crippen LogP contribution in [0, 0.1) is 4.77 Å². The fourth-order valence-electron chi connectivity index (χ4n) is 1.94. The fourth-order valence-corrected chi connectivity index (χ4v) is 2.15. The van der Waals surface area contributed by atoms with E-state index in [1.807, 2.05) is 0 Å². The lowest BCUT2D eigenvalue weighted by molar-refractivity contribution is -0.141. The first-order valence-corrected chi connectivity index (χ1v) is 5.56. The Morgan fingerprint density at radius 2 is 2.18 bits per heavy atom. The standard InChI is InChI=1S/C9H12F3N3OS/c1-16-6-2-5(3-6)7-13-14-8(17)15(7)4-9(10,11)12/h5-6H,2-4H2,1H3,(H,14,17). The highest BCUT2D eigenvalue weighted by molar-refractivity contribution is 7.71. The molecule has 17 heavy (non-hydrogen) atoms. The van der Waals surface area contributed by atoms with Crippen LogP contribution in [0.25, 0.3) is 0 Å². The number of ether oxygens (including phenoxy) is 1. The summed E-state index contributed by atoms with van der Waals surface area (Å²) < 4.78 is 43.2. The number of nitrogens with one attached hydrogen (secondary N) is 1. The minimum atomic E-state index is -4.29. The monoisotopic (exact) mass is 267 g/mol. The van der Waals surface area contributed by atoms with Crippen LogP contribution in [0.5, 0.6) is 0 Å². The fraction of sp³-hybridized carbons (Fsp3) is 0.778. The molecule has 2 rings (SSSR count). The van der Waals surface area contributed by atoms with Gasteiger partial charge in [0.05, 0.1) is 6.10 Å². The Morgan fingerprint density at radius 1 is 1.53 bits per heavy atom. The summed E-state index contributed by atoms with van der Waals surface area (Å²) in [7, 11) is 1.59. The normalized spacial score (nSPS) is 24.7. The summed E-state index contributed by atoms with van der Waals surface area (Å²) in [5.74, 6) is 0.371. The summed E-state index contributed by atoms with van der Waals surface area (Å²) in [6.07, 6.45) is -2.80. The number of rotatable bonds is 3. The van der Waals surface area contributed by atoms with Crippen molar-refractivity contribution in [3.8, 4) is 0 Å². The predicted octanol–water partition coefficient (Wildman–Crippen LogP) is 2.40. The molecule has 0 atom stereocenters. The molecule has 0 spiro atoms. The van der Waals surface area contributed by atoms with Crippen LogP contribution in [0.3, 0.4) is 0 Å². The van der Waals surface area contributed by atoms with E-state index in [9.17, 15) is 13.2 Å². The first-order valence-electron chi connectivity index (χ1n) is 5.15. The summed E-state index contributed by atoms with van der Waals surface area (Å²) in [6.45, 7) is -1.09. The molecule has 4 nitrogen and oxygen atoms in total. The zero-order chi connectivity index (χ0) is 12.6. The highest BCUT2D eigenvalue weighted by Gasteiger charge is 2.36. The molecule has 0 radical (unpaired) electrons. The van der Waals surface area contributed by atoms with E-state index in [0.717, 1.165) is 4.57 Å². The predicted molar refractivity (Wildman–Crippen MR) is 56.2 cm³/mol. The van der Waals surface area contributed by atoms with Crippen LogP contribution in [0.4, 0.5) is 13.2 Å². The van der Waals surface area contributed by atoms with E-state index >= 15 is 0 Å². The molecule has 1 fully saturated rings. The van der Waals surface area contributed by atoms with Gasteiger partial charge in [-0.05, 0) is 25.1 Å². The number of aromatic amines is 1. The third-order valence-corrected chi connectivity index (χ3v) is 3.23. The van der Waals surface area contributed by atoms with Gasteiger partial charge in [0.1, 0.15) is 12.4 Å². The SMILES string of the molecule is COC1CC(c2n[nH]c(=S)n2CC(F)(F)F)C1. The maximum Gasteiger partial charge on any atom is 0.406 e. The van der Waals surface area contributed by atoms with Crippen molar-refractivity contribution in [2.45, 2.75) is 37.6 Å². The summed E-state index contributed by atoms with van der Waals surface area (Å²) in [5.41, 5.74) is 0. The number of hydrogen-bond acceptors (Lipinski definition) is 3. The molecule has 0 aromatic carbocycles. The van der Waals surface area contributed by atoms with Gasteiger partial charge in [0.15, 0.2) is 4.77 Å². The van der Waals surface area contributed by atoms with E-state index in [-0.39, 0.29) is 16.8 Å². The van der Waals surface area contributed by atoms with Crippen molar-refractivity contribution in [2.75, 3.05) is 7.11 Å². The van der Waals surface area contributed by atoms with Crippen molar-refractivity contribution in [1.82, 2.24) is 14.8 Å². The van der Waals surface area contributed by atoms with Gasteiger partial charge in [0.2, 0.25) is 0 Å². The molecule has 1 heterocycles. The van der Waals surface area contributed by atoms with E-state index < -0.39 is 12.7 Å². The van der Waals surface area contributed by atoms with Gasteiger partial charge >= 0.3 is 6.18 Å². The second-order valence-electron chi connectivity index (χ2n) is 4.11. The maximum absolute atomic E-state index is 12.4. The number of methoxy groups -OCH3 is 1. The Bertz CT molecular complexity index is 447. The lowest BCUT2D eigenvalue weighted by atomic mass is 9.81. The minimum Gasteiger partial charge on any atom is -0.381 e. The average molecular weight is 267 g/mol. The molecule has 0 bridgehead atoms. The van der Waals surface area contributed by atoms with Crippen molar-refractivity contribution < 1.29 is 17.9 Å². The number of alkyl halides is 3. The molecule has 1 aliphatic carbocycles. The number of hydrogen-bond donors (Lipinski definition) is 1. The minimum absolute atomic E-state index is 0.00440. The van der Waals surface area contributed by atoms with Crippen LogP contribution in [0.1, 0.15) is 24.6 Å². The van der Waals surface area contributed by atoms with Crippen LogP contribution in [0.15, 0.2) is 0 Å². The summed E-state index contributed by atoms with van der Waals surface area (Å²) in [5, 5.41) is 6.30. The molecule has 0 unspecified atom stereocenters. The van der Waals surface area contributed by atoms with E-state index in [1.165, 1.54) is 0 Å². The van der Waals surface area contributed by atoms with E-state index in [1.54, 1.807) is 7.11 Å². The molecule has 96 valence electrons. The average Bonchev–Trinajstić information content (AvgIpc) is 2.46. The first kappa shape index (κ1) is 12.6. The van der Waals surface area contributed by atoms with Gasteiger partial charge in [-0.3, -0.25) is 9.67 Å². The van der Waals surface area contributed by atoms with Crippen LogP contribution in [-0.4, -0.2) is 34.2 Å². The molecule has 8 heteroatoms. The summed E-state index contributed by atoms with van der Waals surface area (Å²) in [6, 6.07) is 0. The number of nitrogens with zero attached hydrogens (tertiary/aromatic N) is 2. The van der Waals surface area contributed by atoms with Crippen LogP contribution < -0.4 is 0 Å². The van der Waals surface area contributed by atoms with Crippen molar-refractivity contribution in [3.63, 3.8) is 0 Å². The third-order valence-electron chi connectivity index (χ3n) is 2.92. The lowest BCUT2D eigenvalue weighted by Gasteiger charge is -2.33. The van der Waals surface area contributed by atoms with Crippen molar-refractivity contribution in [2.24, 2.45) is 0 Å². The largest absolute Gasteiger partial charge is 0.406 e. The van der Waals surface area contributed by atoms with Crippen molar-refractivity contribution >= 4 is 12.2 Å². The van der Waals surface area contributed by atoms with Gasteiger partial charge in [0.25, 0.3) is 0 Å². The second-order valence-corrected chi connectivity index (χ2v) is 4.50. The van der Waals surface area contributed by atoms with Gasteiger partial charge in [-0.2, -0.15) is 18.3 Å². The third kappa shape index (κ3) is 2.68. The highest BCUT2D eigenvalue weighted by atomic mass is 32.1.